The average Bonchev–Trinajstić information content (AvgIpc) is 2.67. The summed E-state index contributed by atoms with van der Waals surface area (Å²) < 4.78 is 0. The highest BCUT2D eigenvalue weighted by atomic mass is 32.2. The molecule has 7 nitrogen and oxygen atoms in total. The summed E-state index contributed by atoms with van der Waals surface area (Å²) in [6.07, 6.45) is 6.89. The molecule has 27 heavy (non-hydrogen) atoms. The molecule has 0 unspecified atom stereocenters. The van der Waals surface area contributed by atoms with Crippen molar-refractivity contribution in [2.75, 3.05) is 29.9 Å². The quantitative estimate of drug-likeness (QED) is 0.429. The van der Waals surface area contributed by atoms with Crippen molar-refractivity contribution >= 4 is 40.9 Å². The van der Waals surface area contributed by atoms with Crippen molar-refractivity contribution in [3.8, 4) is 0 Å². The Morgan fingerprint density at radius 2 is 2.15 bits per heavy atom. The highest BCUT2D eigenvalue weighted by molar-refractivity contribution is 7.99. The van der Waals surface area contributed by atoms with Crippen LogP contribution in [-0.2, 0) is 0 Å². The van der Waals surface area contributed by atoms with Crippen LogP contribution in [0.4, 0.5) is 11.8 Å². The van der Waals surface area contributed by atoms with Gasteiger partial charge in [0.05, 0.1) is 0 Å². The fourth-order valence-electron chi connectivity index (χ4n) is 2.90. The maximum atomic E-state index is 5.35. The zero-order valence-electron chi connectivity index (χ0n) is 15.7. The van der Waals surface area contributed by atoms with Gasteiger partial charge in [-0.25, -0.2) is 15.0 Å². The predicted molar refractivity (Wildman–Crippen MR) is 113 cm³/mol. The van der Waals surface area contributed by atoms with Crippen LogP contribution in [0, 0.1) is 5.92 Å². The third-order valence-electron chi connectivity index (χ3n) is 4.17. The van der Waals surface area contributed by atoms with Gasteiger partial charge in [-0.2, -0.15) is 4.98 Å². The fraction of sp³-hybridized carbons (Fsp3) is 0.500. The second kappa shape index (κ2) is 9.80. The molecule has 0 bridgehead atoms. The molecule has 0 amide bonds. The minimum absolute atomic E-state index is 0.498. The van der Waals surface area contributed by atoms with E-state index in [9.17, 15) is 0 Å². The number of aromatic nitrogens is 4. The van der Waals surface area contributed by atoms with Gasteiger partial charge in [0.1, 0.15) is 10.8 Å². The summed E-state index contributed by atoms with van der Waals surface area (Å²) in [5, 5.41) is 8.25. The zero-order chi connectivity index (χ0) is 19.1. The molecule has 1 aliphatic rings. The van der Waals surface area contributed by atoms with E-state index in [0.29, 0.717) is 22.1 Å². The maximum absolute atomic E-state index is 5.35. The summed E-state index contributed by atoms with van der Waals surface area (Å²) in [7, 11) is 0. The van der Waals surface area contributed by atoms with Crippen LogP contribution in [0.1, 0.15) is 33.1 Å². The Labute approximate surface area is 169 Å². The maximum Gasteiger partial charge on any atom is 0.232 e. The molecule has 0 spiro atoms. The zero-order valence-corrected chi connectivity index (χ0v) is 17.3. The van der Waals surface area contributed by atoms with Gasteiger partial charge in [-0.05, 0) is 55.2 Å². The topological polar surface area (TPSA) is 78.9 Å². The molecule has 1 saturated heterocycles. The van der Waals surface area contributed by atoms with Crippen LogP contribution in [0.5, 0.6) is 0 Å². The molecule has 3 rings (SSSR count). The molecular weight excluding hydrogens is 378 g/mol. The SMILES string of the molecule is CCCNC(=S)Nc1nc(Sc2ncccn2)cc(N2CCC[C@H](C)C2)n1. The summed E-state index contributed by atoms with van der Waals surface area (Å²) in [4.78, 5) is 20.2. The molecule has 0 saturated carbocycles. The van der Waals surface area contributed by atoms with Crippen LogP contribution >= 0.6 is 24.0 Å². The Morgan fingerprint density at radius 3 is 2.89 bits per heavy atom. The van der Waals surface area contributed by atoms with Gasteiger partial charge in [0.25, 0.3) is 0 Å². The van der Waals surface area contributed by atoms with Crippen LogP contribution in [0.15, 0.2) is 34.7 Å². The highest BCUT2D eigenvalue weighted by Crippen LogP contribution is 2.28. The van der Waals surface area contributed by atoms with E-state index < -0.39 is 0 Å². The number of piperidine rings is 1. The minimum Gasteiger partial charge on any atom is -0.362 e. The first-order chi connectivity index (χ1) is 13.1. The monoisotopic (exact) mass is 403 g/mol. The highest BCUT2D eigenvalue weighted by Gasteiger charge is 2.19. The minimum atomic E-state index is 0.498. The first-order valence-corrected chi connectivity index (χ1v) is 10.5. The predicted octanol–water partition coefficient (Wildman–Crippen LogP) is 3.35. The van der Waals surface area contributed by atoms with Gasteiger partial charge in [-0.1, -0.05) is 13.8 Å². The van der Waals surface area contributed by atoms with Gasteiger partial charge in [0.15, 0.2) is 10.3 Å². The lowest BCUT2D eigenvalue weighted by Gasteiger charge is -2.32. The van der Waals surface area contributed by atoms with Gasteiger partial charge >= 0.3 is 0 Å². The van der Waals surface area contributed by atoms with Crippen LogP contribution in [0.3, 0.4) is 0 Å². The van der Waals surface area contributed by atoms with E-state index in [1.165, 1.54) is 24.6 Å². The van der Waals surface area contributed by atoms with Crippen molar-refractivity contribution in [1.29, 1.82) is 0 Å². The molecule has 0 aromatic carbocycles. The normalized spacial score (nSPS) is 16.8. The number of hydrogen-bond acceptors (Lipinski definition) is 7. The Balaban J connectivity index is 1.83. The molecule has 2 aromatic rings. The molecule has 3 heterocycles. The molecule has 144 valence electrons. The third kappa shape index (κ3) is 6.00. The van der Waals surface area contributed by atoms with Crippen molar-refractivity contribution < 1.29 is 0 Å². The fourth-order valence-corrected chi connectivity index (χ4v) is 3.80. The summed E-state index contributed by atoms with van der Waals surface area (Å²) >= 11 is 6.77. The smallest absolute Gasteiger partial charge is 0.232 e. The second-order valence-corrected chi connectivity index (χ2v) is 7.99. The van der Waals surface area contributed by atoms with Crippen LogP contribution < -0.4 is 15.5 Å². The molecule has 9 heteroatoms. The van der Waals surface area contributed by atoms with E-state index >= 15 is 0 Å². The van der Waals surface area contributed by atoms with Gasteiger partial charge < -0.3 is 15.5 Å². The van der Waals surface area contributed by atoms with Crippen LogP contribution in [-0.4, -0.2) is 44.7 Å². The Kier molecular flexibility index (Phi) is 7.17. The van der Waals surface area contributed by atoms with Crippen LogP contribution in [0.2, 0.25) is 0 Å². The number of rotatable bonds is 6. The second-order valence-electron chi connectivity index (χ2n) is 6.60. The van der Waals surface area contributed by atoms with Crippen molar-refractivity contribution in [3.63, 3.8) is 0 Å². The first kappa shape index (κ1) is 19.8. The summed E-state index contributed by atoms with van der Waals surface area (Å²) in [6.45, 7) is 7.20. The van der Waals surface area contributed by atoms with E-state index in [1.807, 2.05) is 6.07 Å². The molecule has 1 atom stereocenters. The van der Waals surface area contributed by atoms with E-state index in [0.717, 1.165) is 36.9 Å². The molecular formula is C18H25N7S2. The van der Waals surface area contributed by atoms with Crippen molar-refractivity contribution in [1.82, 2.24) is 25.3 Å². The Hall–Kier alpha value is -2.00. The number of nitrogens with zero attached hydrogens (tertiary/aromatic N) is 5. The van der Waals surface area contributed by atoms with E-state index in [-0.39, 0.29) is 0 Å². The average molecular weight is 404 g/mol. The van der Waals surface area contributed by atoms with E-state index in [2.05, 4.69) is 44.3 Å². The lowest BCUT2D eigenvalue weighted by Crippen LogP contribution is -2.35. The molecule has 0 radical (unpaired) electrons. The van der Waals surface area contributed by atoms with Crippen molar-refractivity contribution in [2.24, 2.45) is 5.92 Å². The summed E-state index contributed by atoms with van der Waals surface area (Å²) in [5.74, 6) is 2.07. The van der Waals surface area contributed by atoms with E-state index in [1.54, 1.807) is 18.5 Å². The molecule has 0 aliphatic carbocycles. The lowest BCUT2D eigenvalue weighted by molar-refractivity contribution is 0.444. The molecule has 2 aromatic heterocycles. The van der Waals surface area contributed by atoms with Gasteiger partial charge in [0.2, 0.25) is 5.95 Å². The van der Waals surface area contributed by atoms with Gasteiger partial charge in [-0.15, -0.1) is 0 Å². The number of hydrogen-bond donors (Lipinski definition) is 2. The van der Waals surface area contributed by atoms with Crippen molar-refractivity contribution in [2.45, 2.75) is 43.3 Å². The largest absolute Gasteiger partial charge is 0.362 e. The first-order valence-electron chi connectivity index (χ1n) is 9.27. The Bertz CT molecular complexity index is 757. The van der Waals surface area contributed by atoms with E-state index in [4.69, 9.17) is 17.2 Å². The molecule has 1 aliphatic heterocycles. The Morgan fingerprint density at radius 1 is 1.33 bits per heavy atom. The molecule has 1 fully saturated rings. The summed E-state index contributed by atoms with van der Waals surface area (Å²) in [5.41, 5.74) is 0. The van der Waals surface area contributed by atoms with Gasteiger partial charge in [-0.3, -0.25) is 0 Å². The third-order valence-corrected chi connectivity index (χ3v) is 5.23. The summed E-state index contributed by atoms with van der Waals surface area (Å²) in [6, 6.07) is 3.81. The lowest BCUT2D eigenvalue weighted by atomic mass is 10.0. The number of nitrogens with one attached hydrogen (secondary N) is 2. The van der Waals surface area contributed by atoms with Gasteiger partial charge in [0, 0.05) is 38.1 Å². The molecule has 2 N–H and O–H groups in total. The van der Waals surface area contributed by atoms with Crippen LogP contribution in [0.25, 0.3) is 0 Å². The number of anilines is 2. The standard InChI is InChI=1S/C18H25N7S2/c1-3-7-19-17(26)24-16-22-14(25-10-4-6-13(2)12-25)11-15(23-16)27-18-20-8-5-9-21-18/h5,8-9,11,13H,3-4,6-7,10,12H2,1-2H3,(H2,19,22,23,24,26)/t13-/m0/s1. The van der Waals surface area contributed by atoms with Crippen molar-refractivity contribution in [3.05, 3.63) is 24.5 Å². The number of thiocarbonyl (C=S) groups is 1.